The zero-order chi connectivity index (χ0) is 8.39. The molecule has 0 aromatic carbocycles. The van der Waals surface area contributed by atoms with E-state index in [0.29, 0.717) is 24.3 Å². The first-order valence-electron chi connectivity index (χ1n) is 3.82. The molecule has 68 valence electrons. The minimum Gasteiger partial charge on any atom is -0.378 e. The van der Waals surface area contributed by atoms with Crippen molar-refractivity contribution in [2.45, 2.75) is 0 Å². The fourth-order valence-electron chi connectivity index (χ4n) is 1.24. The van der Waals surface area contributed by atoms with E-state index < -0.39 is 0 Å². The van der Waals surface area contributed by atoms with Crippen LogP contribution in [0.25, 0.3) is 0 Å². The quantitative estimate of drug-likeness (QED) is 0.544. The van der Waals surface area contributed by atoms with Crippen molar-refractivity contribution in [2.24, 2.45) is 0 Å². The lowest BCUT2D eigenvalue weighted by Gasteiger charge is -2.29. The van der Waals surface area contributed by atoms with E-state index in [0.717, 1.165) is 13.1 Å². The highest BCUT2D eigenvalue weighted by Crippen LogP contribution is 2.13. The average Bonchev–Trinajstić information content (AvgIpc) is 2.53. The number of hydrogen-bond acceptors (Lipinski definition) is 6. The first-order valence-corrected chi connectivity index (χ1v) is 3.82. The predicted molar refractivity (Wildman–Crippen MR) is 38.3 cm³/mol. The standard InChI is InChI=1S/C6H11N3O3/c10-9-6(5-7-12-9)8-1-3-11-4-2-8/h5,7,10H,1-4H2. The van der Waals surface area contributed by atoms with E-state index in [2.05, 4.69) is 10.4 Å². The van der Waals surface area contributed by atoms with Crippen LogP contribution in [0.3, 0.4) is 0 Å². The Hall–Kier alpha value is -0.980. The Morgan fingerprint density at radius 1 is 1.42 bits per heavy atom. The molecule has 0 unspecified atom stereocenters. The molecule has 0 amide bonds. The maximum absolute atomic E-state index is 9.14. The third kappa shape index (κ3) is 1.31. The summed E-state index contributed by atoms with van der Waals surface area (Å²) >= 11 is 0. The summed E-state index contributed by atoms with van der Waals surface area (Å²) < 4.78 is 5.16. The fourth-order valence-corrected chi connectivity index (χ4v) is 1.24. The second-order valence-corrected chi connectivity index (χ2v) is 2.58. The van der Waals surface area contributed by atoms with Crippen LogP contribution in [0.15, 0.2) is 12.0 Å². The Labute approximate surface area is 69.8 Å². The molecule has 6 heteroatoms. The van der Waals surface area contributed by atoms with Crippen LogP contribution in [0, 0.1) is 0 Å². The van der Waals surface area contributed by atoms with Gasteiger partial charge in [-0.05, 0) is 0 Å². The number of rotatable bonds is 1. The van der Waals surface area contributed by atoms with Crippen molar-refractivity contribution in [3.8, 4) is 0 Å². The number of ether oxygens (including phenoxy) is 1. The van der Waals surface area contributed by atoms with Crippen LogP contribution < -0.4 is 5.48 Å². The summed E-state index contributed by atoms with van der Waals surface area (Å²) in [5, 5.41) is 9.85. The molecule has 2 aliphatic rings. The summed E-state index contributed by atoms with van der Waals surface area (Å²) in [6.45, 7) is 2.91. The molecule has 2 aliphatic heterocycles. The van der Waals surface area contributed by atoms with Crippen molar-refractivity contribution in [3.05, 3.63) is 12.0 Å². The lowest BCUT2D eigenvalue weighted by molar-refractivity contribution is -0.333. The highest BCUT2D eigenvalue weighted by atomic mass is 17.0. The molecule has 6 nitrogen and oxygen atoms in total. The van der Waals surface area contributed by atoms with Gasteiger partial charge in [-0.3, -0.25) is 5.21 Å². The van der Waals surface area contributed by atoms with E-state index in [-0.39, 0.29) is 0 Å². The summed E-state index contributed by atoms with van der Waals surface area (Å²) in [7, 11) is 0. The van der Waals surface area contributed by atoms with E-state index in [1.165, 1.54) is 0 Å². The van der Waals surface area contributed by atoms with Crippen LogP contribution in [-0.2, 0) is 9.68 Å². The van der Waals surface area contributed by atoms with Crippen molar-refractivity contribution >= 4 is 0 Å². The van der Waals surface area contributed by atoms with Gasteiger partial charge >= 0.3 is 0 Å². The van der Waals surface area contributed by atoms with Crippen molar-refractivity contribution in [1.82, 2.24) is 15.6 Å². The second kappa shape index (κ2) is 3.18. The van der Waals surface area contributed by atoms with Gasteiger partial charge in [0.1, 0.15) is 0 Å². The van der Waals surface area contributed by atoms with E-state index in [9.17, 15) is 0 Å². The van der Waals surface area contributed by atoms with Crippen molar-refractivity contribution in [3.63, 3.8) is 0 Å². The van der Waals surface area contributed by atoms with Crippen molar-refractivity contribution < 1.29 is 14.9 Å². The summed E-state index contributed by atoms with van der Waals surface area (Å²) in [6, 6.07) is 0. The van der Waals surface area contributed by atoms with Crippen molar-refractivity contribution in [2.75, 3.05) is 26.3 Å². The maximum atomic E-state index is 9.14. The fraction of sp³-hybridized carbons (Fsp3) is 0.667. The number of nitrogens with one attached hydrogen (secondary N) is 1. The minimum absolute atomic E-state index is 0.623. The number of hydrogen-bond donors (Lipinski definition) is 2. The summed E-state index contributed by atoms with van der Waals surface area (Å²) in [5.74, 6) is 0.623. The van der Waals surface area contributed by atoms with E-state index in [1.807, 2.05) is 4.90 Å². The van der Waals surface area contributed by atoms with Gasteiger partial charge in [-0.2, -0.15) is 0 Å². The van der Waals surface area contributed by atoms with Crippen LogP contribution in [0.5, 0.6) is 0 Å². The summed E-state index contributed by atoms with van der Waals surface area (Å²) in [5.41, 5.74) is 2.45. The first kappa shape index (κ1) is 7.66. The molecule has 2 rings (SSSR count). The molecular weight excluding hydrogens is 162 g/mol. The number of nitrogens with zero attached hydrogens (tertiary/aromatic N) is 2. The Kier molecular flexibility index (Phi) is 2.03. The van der Waals surface area contributed by atoms with Gasteiger partial charge in [-0.15, -0.1) is 4.94 Å². The number of hydroxylamine groups is 3. The lowest BCUT2D eigenvalue weighted by atomic mass is 10.4. The first-order chi connectivity index (χ1) is 5.88. The lowest BCUT2D eigenvalue weighted by Crippen LogP contribution is -2.39. The molecular formula is C6H11N3O3. The molecule has 1 saturated heterocycles. The third-order valence-corrected chi connectivity index (χ3v) is 1.86. The molecule has 0 aliphatic carbocycles. The zero-order valence-electron chi connectivity index (χ0n) is 6.56. The molecule has 0 radical (unpaired) electrons. The molecule has 2 heterocycles. The van der Waals surface area contributed by atoms with E-state index in [1.54, 1.807) is 6.20 Å². The molecule has 0 saturated carbocycles. The molecule has 1 fully saturated rings. The van der Waals surface area contributed by atoms with Gasteiger partial charge in [0, 0.05) is 13.1 Å². The van der Waals surface area contributed by atoms with Crippen LogP contribution in [0.2, 0.25) is 0 Å². The van der Waals surface area contributed by atoms with Gasteiger partial charge in [-0.1, -0.05) is 5.23 Å². The SMILES string of the molecule is ON1ONC=C1N1CCOCC1. The van der Waals surface area contributed by atoms with Crippen LogP contribution in [0.1, 0.15) is 0 Å². The second-order valence-electron chi connectivity index (χ2n) is 2.58. The Morgan fingerprint density at radius 2 is 2.17 bits per heavy atom. The highest BCUT2D eigenvalue weighted by Gasteiger charge is 2.22. The molecule has 0 atom stereocenters. The monoisotopic (exact) mass is 173 g/mol. The van der Waals surface area contributed by atoms with Crippen LogP contribution in [-0.4, -0.2) is 41.6 Å². The van der Waals surface area contributed by atoms with Gasteiger partial charge in [0.05, 0.1) is 19.4 Å². The van der Waals surface area contributed by atoms with Crippen molar-refractivity contribution in [1.29, 1.82) is 0 Å². The molecule has 0 aromatic rings. The Balaban J connectivity index is 1.97. The number of morpholine rings is 1. The van der Waals surface area contributed by atoms with E-state index >= 15 is 0 Å². The topological polar surface area (TPSA) is 57.2 Å². The molecule has 0 aromatic heterocycles. The van der Waals surface area contributed by atoms with E-state index in [4.69, 9.17) is 9.94 Å². The van der Waals surface area contributed by atoms with Gasteiger partial charge in [0.25, 0.3) is 0 Å². The average molecular weight is 173 g/mol. The summed E-state index contributed by atoms with van der Waals surface area (Å²) in [6.07, 6.45) is 1.60. The molecule has 2 N–H and O–H groups in total. The van der Waals surface area contributed by atoms with Crippen LogP contribution >= 0.6 is 0 Å². The normalized spacial score (nSPS) is 23.9. The van der Waals surface area contributed by atoms with Gasteiger partial charge < -0.3 is 9.64 Å². The predicted octanol–water partition coefficient (Wildman–Crippen LogP) is -0.742. The Morgan fingerprint density at radius 3 is 2.75 bits per heavy atom. The Bertz CT molecular complexity index is 190. The van der Waals surface area contributed by atoms with Gasteiger partial charge in [-0.25, -0.2) is 5.48 Å². The largest absolute Gasteiger partial charge is 0.378 e. The van der Waals surface area contributed by atoms with Gasteiger partial charge in [0.2, 0.25) is 0 Å². The minimum atomic E-state index is 0.623. The zero-order valence-corrected chi connectivity index (χ0v) is 6.56. The molecule has 0 bridgehead atoms. The molecule has 0 spiro atoms. The highest BCUT2D eigenvalue weighted by molar-refractivity contribution is 4.97. The van der Waals surface area contributed by atoms with Crippen LogP contribution in [0.4, 0.5) is 0 Å². The third-order valence-electron chi connectivity index (χ3n) is 1.86. The summed E-state index contributed by atoms with van der Waals surface area (Å²) in [4.78, 5) is 6.56. The maximum Gasteiger partial charge on any atom is 0.181 e. The van der Waals surface area contributed by atoms with Gasteiger partial charge in [0.15, 0.2) is 5.82 Å². The molecule has 12 heavy (non-hydrogen) atoms. The smallest absolute Gasteiger partial charge is 0.181 e.